The molecule has 1 aliphatic rings. The fraction of sp³-hybridized carbons (Fsp3) is 0.333. The average molecular weight is 386 g/mol. The fourth-order valence-electron chi connectivity index (χ4n) is 3.32. The van der Waals surface area contributed by atoms with Gasteiger partial charge in [-0.25, -0.2) is 0 Å². The molecular weight excluding hydrogens is 360 g/mol. The number of thiophene rings is 1. The topological polar surface area (TPSA) is 62.0 Å². The number of amides is 1. The molecule has 1 aromatic carbocycles. The molecule has 6 heteroatoms. The average Bonchev–Trinajstić information content (AvgIpc) is 3.24. The van der Waals surface area contributed by atoms with Gasteiger partial charge in [0, 0.05) is 23.4 Å². The summed E-state index contributed by atoms with van der Waals surface area (Å²) in [5, 5.41) is 12.8. The van der Waals surface area contributed by atoms with Crippen LogP contribution in [0.1, 0.15) is 28.5 Å². The number of rotatable bonds is 6. The molecule has 0 bridgehead atoms. The highest BCUT2D eigenvalue weighted by molar-refractivity contribution is 7.10. The summed E-state index contributed by atoms with van der Waals surface area (Å²) in [6.07, 6.45) is 0.793. The fourth-order valence-corrected chi connectivity index (χ4v) is 4.17. The van der Waals surface area contributed by atoms with Crippen LogP contribution in [0, 0.1) is 6.92 Å². The highest BCUT2D eigenvalue weighted by Gasteiger charge is 2.46. The first-order chi connectivity index (χ1) is 12.9. The largest absolute Gasteiger partial charge is 0.507 e. The Morgan fingerprint density at radius 1 is 1.19 bits per heavy atom. The zero-order valence-electron chi connectivity index (χ0n) is 15.9. The van der Waals surface area contributed by atoms with E-state index in [1.165, 1.54) is 16.2 Å². The van der Waals surface area contributed by atoms with Crippen LogP contribution in [-0.4, -0.2) is 48.9 Å². The highest BCUT2D eigenvalue weighted by Crippen LogP contribution is 2.41. The second-order valence-corrected chi connectivity index (χ2v) is 8.16. The molecule has 0 saturated carbocycles. The molecule has 1 saturated heterocycles. The lowest BCUT2D eigenvalue weighted by Gasteiger charge is -2.24. The van der Waals surface area contributed by atoms with Gasteiger partial charge in [0.2, 0.25) is 0 Å². The van der Waals surface area contributed by atoms with Gasteiger partial charge in [-0.05, 0) is 18.4 Å². The second kappa shape index (κ2) is 8.06. The highest BCUT2D eigenvalue weighted by atomic mass is 32.1. The molecule has 142 valence electrons. The number of aliphatic hydroxyl groups is 1. The molecule has 2 N–H and O–H groups in total. The standard InChI is InChI=1S/C21H24N2O3S/c1-14-7-9-15(10-8-14)19(24)17-18(16-6-4-13-27-16)23(21(26)20(17)25)12-5-11-22(2)3/h4,6-10,13,18,24H,5,11-12H2,1-3H3/p+1/t18-/m1/s1. The zero-order valence-corrected chi connectivity index (χ0v) is 16.7. The number of hydrogen-bond acceptors (Lipinski definition) is 4. The first kappa shape index (κ1) is 19.3. The normalized spacial score (nSPS) is 19.3. The molecular formula is C21H25N2O3S+. The van der Waals surface area contributed by atoms with Crippen LogP contribution in [0.4, 0.5) is 0 Å². The minimum atomic E-state index is -0.608. The molecule has 2 aromatic rings. The lowest BCUT2D eigenvalue weighted by Crippen LogP contribution is -3.05. The van der Waals surface area contributed by atoms with Gasteiger partial charge in [-0.15, -0.1) is 11.3 Å². The number of carbonyl (C=O) groups is 2. The van der Waals surface area contributed by atoms with Gasteiger partial charge in [-0.1, -0.05) is 35.9 Å². The summed E-state index contributed by atoms with van der Waals surface area (Å²) in [6, 6.07) is 10.6. The Balaban J connectivity index is 2.03. The maximum atomic E-state index is 12.8. The van der Waals surface area contributed by atoms with E-state index in [9.17, 15) is 14.7 Å². The van der Waals surface area contributed by atoms with Crippen molar-refractivity contribution in [1.29, 1.82) is 0 Å². The van der Waals surface area contributed by atoms with Gasteiger partial charge in [0.15, 0.2) is 0 Å². The van der Waals surface area contributed by atoms with E-state index in [-0.39, 0.29) is 11.3 Å². The number of quaternary nitrogens is 1. The number of benzene rings is 1. The Bertz CT molecular complexity index is 854. The van der Waals surface area contributed by atoms with E-state index in [4.69, 9.17) is 0 Å². The Labute approximate surface area is 163 Å². The molecule has 0 aliphatic carbocycles. The number of Topliss-reactive ketones (excluding diaryl/α,β-unsaturated/α-hetero) is 1. The van der Waals surface area contributed by atoms with E-state index in [1.807, 2.05) is 36.6 Å². The van der Waals surface area contributed by atoms with Gasteiger partial charge in [0.1, 0.15) is 5.76 Å². The van der Waals surface area contributed by atoms with Crippen molar-refractivity contribution in [2.75, 3.05) is 27.2 Å². The van der Waals surface area contributed by atoms with E-state index in [1.54, 1.807) is 17.0 Å². The predicted molar refractivity (Wildman–Crippen MR) is 107 cm³/mol. The third-order valence-corrected chi connectivity index (χ3v) is 5.68. The van der Waals surface area contributed by atoms with Gasteiger partial charge in [0.25, 0.3) is 11.7 Å². The molecule has 0 unspecified atom stereocenters. The number of nitrogens with one attached hydrogen (secondary N) is 1. The van der Waals surface area contributed by atoms with Crippen molar-refractivity contribution in [2.24, 2.45) is 0 Å². The maximum Gasteiger partial charge on any atom is 0.295 e. The van der Waals surface area contributed by atoms with E-state index in [0.717, 1.165) is 23.4 Å². The van der Waals surface area contributed by atoms with Crippen LogP contribution in [0.2, 0.25) is 0 Å². The van der Waals surface area contributed by atoms with Gasteiger partial charge >= 0.3 is 0 Å². The van der Waals surface area contributed by atoms with Crippen molar-refractivity contribution in [3.63, 3.8) is 0 Å². The van der Waals surface area contributed by atoms with Crippen molar-refractivity contribution in [3.8, 4) is 0 Å². The molecule has 1 amide bonds. The minimum Gasteiger partial charge on any atom is -0.507 e. The number of carbonyl (C=O) groups excluding carboxylic acids is 2. The monoisotopic (exact) mass is 385 g/mol. The first-order valence-electron chi connectivity index (χ1n) is 9.08. The zero-order chi connectivity index (χ0) is 19.6. The number of aliphatic hydroxyl groups excluding tert-OH is 1. The van der Waals surface area contributed by atoms with Crippen LogP contribution < -0.4 is 4.90 Å². The lowest BCUT2D eigenvalue weighted by atomic mass is 9.99. The summed E-state index contributed by atoms with van der Waals surface area (Å²) in [5.74, 6) is -1.24. The molecule has 1 atom stereocenters. The molecule has 27 heavy (non-hydrogen) atoms. The number of nitrogens with zero attached hydrogens (tertiary/aromatic N) is 1. The van der Waals surface area contributed by atoms with E-state index in [0.29, 0.717) is 12.1 Å². The summed E-state index contributed by atoms with van der Waals surface area (Å²) in [7, 11) is 4.12. The Kier molecular flexibility index (Phi) is 5.77. The Morgan fingerprint density at radius 3 is 2.48 bits per heavy atom. The van der Waals surface area contributed by atoms with Crippen molar-refractivity contribution in [3.05, 3.63) is 63.4 Å². The third-order valence-electron chi connectivity index (χ3n) is 4.75. The molecule has 0 spiro atoms. The van der Waals surface area contributed by atoms with Crippen LogP contribution in [0.15, 0.2) is 47.4 Å². The van der Waals surface area contributed by atoms with Crippen molar-refractivity contribution in [2.45, 2.75) is 19.4 Å². The molecule has 2 heterocycles. The van der Waals surface area contributed by atoms with Gasteiger partial charge < -0.3 is 14.9 Å². The van der Waals surface area contributed by atoms with Crippen LogP contribution in [-0.2, 0) is 9.59 Å². The molecule has 1 aromatic heterocycles. The van der Waals surface area contributed by atoms with Crippen molar-refractivity contribution in [1.82, 2.24) is 4.90 Å². The summed E-state index contributed by atoms with van der Waals surface area (Å²) in [4.78, 5) is 29.3. The summed E-state index contributed by atoms with van der Waals surface area (Å²) in [5.41, 5.74) is 1.80. The van der Waals surface area contributed by atoms with Crippen molar-refractivity contribution < 1.29 is 19.6 Å². The lowest BCUT2D eigenvalue weighted by molar-refractivity contribution is -0.858. The first-order valence-corrected chi connectivity index (χ1v) is 9.96. The van der Waals surface area contributed by atoms with Crippen LogP contribution in [0.3, 0.4) is 0 Å². The van der Waals surface area contributed by atoms with E-state index >= 15 is 0 Å². The van der Waals surface area contributed by atoms with Crippen molar-refractivity contribution >= 4 is 28.8 Å². The van der Waals surface area contributed by atoms with Crippen LogP contribution in [0.25, 0.3) is 5.76 Å². The second-order valence-electron chi connectivity index (χ2n) is 7.18. The van der Waals surface area contributed by atoms with Crippen LogP contribution >= 0.6 is 11.3 Å². The van der Waals surface area contributed by atoms with Gasteiger partial charge in [0.05, 0.1) is 32.3 Å². The number of likely N-dealkylation sites (tertiary alicyclic amines) is 1. The number of ketones is 1. The molecule has 5 nitrogen and oxygen atoms in total. The molecule has 0 radical (unpaired) electrons. The SMILES string of the molecule is Cc1ccc(C(O)=C2C(=O)C(=O)N(CCC[NH+](C)C)[C@@H]2c2cccs2)cc1. The smallest absolute Gasteiger partial charge is 0.295 e. The van der Waals surface area contributed by atoms with Gasteiger partial charge in [-0.3, -0.25) is 9.59 Å². The predicted octanol–water partition coefficient (Wildman–Crippen LogP) is 2.01. The van der Waals surface area contributed by atoms with Crippen LogP contribution in [0.5, 0.6) is 0 Å². The number of aryl methyl sites for hydroxylation is 1. The Morgan fingerprint density at radius 2 is 1.89 bits per heavy atom. The van der Waals surface area contributed by atoms with Gasteiger partial charge in [-0.2, -0.15) is 0 Å². The summed E-state index contributed by atoms with van der Waals surface area (Å²) in [6.45, 7) is 3.35. The summed E-state index contributed by atoms with van der Waals surface area (Å²) >= 11 is 1.49. The molecule has 1 fully saturated rings. The maximum absolute atomic E-state index is 12.8. The minimum absolute atomic E-state index is 0.104. The Hall–Kier alpha value is -2.44. The summed E-state index contributed by atoms with van der Waals surface area (Å²) < 4.78 is 0. The molecule has 1 aliphatic heterocycles. The quantitative estimate of drug-likeness (QED) is 0.454. The van der Waals surface area contributed by atoms with E-state index in [2.05, 4.69) is 14.1 Å². The number of hydrogen-bond donors (Lipinski definition) is 2. The third kappa shape index (κ3) is 3.96. The van der Waals surface area contributed by atoms with E-state index < -0.39 is 17.7 Å². The molecule has 3 rings (SSSR count).